The Kier molecular flexibility index (Phi) is 6.34. The molecule has 0 N–H and O–H groups in total. The number of aromatic nitrogens is 1. The highest BCUT2D eigenvalue weighted by atomic mass is 32.1. The number of para-hydroxylation sites is 1. The summed E-state index contributed by atoms with van der Waals surface area (Å²) in [5.41, 5.74) is 2.21. The van der Waals surface area contributed by atoms with Gasteiger partial charge in [0.1, 0.15) is 11.9 Å². The molecule has 9 nitrogen and oxygen atoms in total. The fraction of sp³-hybridized carbons (Fsp3) is 0.222. The Bertz CT molecular complexity index is 1680. The molecule has 188 valence electrons. The van der Waals surface area contributed by atoms with Crippen LogP contribution in [0, 0.1) is 10.1 Å². The molecule has 0 aliphatic carbocycles. The third-order valence-corrected chi connectivity index (χ3v) is 7.21. The number of ether oxygens (including phenoxy) is 2. The molecule has 2 atom stereocenters. The first-order chi connectivity index (χ1) is 17.8. The minimum absolute atomic E-state index is 0.134. The molecule has 0 saturated carbocycles. The van der Waals surface area contributed by atoms with Crippen molar-refractivity contribution >= 4 is 35.1 Å². The summed E-state index contributed by atoms with van der Waals surface area (Å²) in [7, 11) is 0. The van der Waals surface area contributed by atoms with Gasteiger partial charge >= 0.3 is 5.97 Å². The molecule has 2 aliphatic heterocycles. The van der Waals surface area contributed by atoms with Crippen LogP contribution in [-0.4, -0.2) is 28.2 Å². The van der Waals surface area contributed by atoms with Gasteiger partial charge in [-0.3, -0.25) is 19.5 Å². The summed E-state index contributed by atoms with van der Waals surface area (Å²) in [5.74, 6) is 0.150. The van der Waals surface area contributed by atoms with Gasteiger partial charge in [-0.25, -0.2) is 9.79 Å². The van der Waals surface area contributed by atoms with Crippen LogP contribution in [0.1, 0.15) is 37.9 Å². The second kappa shape index (κ2) is 9.62. The third-order valence-electron chi connectivity index (χ3n) is 6.23. The number of benzene rings is 2. The summed E-state index contributed by atoms with van der Waals surface area (Å²) in [6.45, 7) is 5.40. The van der Waals surface area contributed by atoms with Crippen LogP contribution in [0.5, 0.6) is 5.75 Å². The van der Waals surface area contributed by atoms with Crippen molar-refractivity contribution in [1.82, 2.24) is 4.57 Å². The molecule has 0 bridgehead atoms. The lowest BCUT2D eigenvalue weighted by atomic mass is 9.95. The number of allylic oxidation sites excluding steroid dienone is 1. The number of carbonyl (C=O) groups excluding carboxylic acids is 1. The first-order valence-electron chi connectivity index (χ1n) is 11.7. The number of nitrogens with zero attached hydrogens (tertiary/aromatic N) is 3. The van der Waals surface area contributed by atoms with Crippen molar-refractivity contribution in [2.75, 3.05) is 6.61 Å². The summed E-state index contributed by atoms with van der Waals surface area (Å²) >= 11 is 1.19. The second-order valence-electron chi connectivity index (χ2n) is 8.60. The van der Waals surface area contributed by atoms with Crippen LogP contribution < -0.4 is 19.6 Å². The standard InChI is InChI=1S/C27H23N3O6S/c1-4-35-26(32)23-15(2)28-27-29(24(23)18-9-7-10-20(13-18)30(33)34)25(31)22(37-27)14-19-12-17-8-5-6-11-21(17)36-16(19)3/h5-14,16,24H,4H2,1-3H3. The van der Waals surface area contributed by atoms with E-state index >= 15 is 0 Å². The highest BCUT2D eigenvalue weighted by Crippen LogP contribution is 2.33. The Morgan fingerprint density at radius 3 is 2.81 bits per heavy atom. The van der Waals surface area contributed by atoms with Gasteiger partial charge in [0.15, 0.2) is 4.80 Å². The Morgan fingerprint density at radius 1 is 1.27 bits per heavy atom. The second-order valence-corrected chi connectivity index (χ2v) is 9.61. The van der Waals surface area contributed by atoms with Crippen LogP contribution in [0.4, 0.5) is 5.69 Å². The van der Waals surface area contributed by atoms with E-state index in [9.17, 15) is 19.7 Å². The molecule has 0 amide bonds. The van der Waals surface area contributed by atoms with Gasteiger partial charge in [-0.05, 0) is 50.1 Å². The van der Waals surface area contributed by atoms with Crippen molar-refractivity contribution in [1.29, 1.82) is 0 Å². The van der Waals surface area contributed by atoms with Crippen LogP contribution >= 0.6 is 11.3 Å². The van der Waals surface area contributed by atoms with E-state index in [1.54, 1.807) is 26.0 Å². The minimum Gasteiger partial charge on any atom is -0.485 e. The van der Waals surface area contributed by atoms with Crippen LogP contribution in [0.25, 0.3) is 12.2 Å². The largest absolute Gasteiger partial charge is 0.485 e. The van der Waals surface area contributed by atoms with E-state index in [1.807, 2.05) is 37.3 Å². The van der Waals surface area contributed by atoms with Crippen LogP contribution in [0.15, 0.2) is 75.2 Å². The molecule has 2 unspecified atom stereocenters. The fourth-order valence-corrected chi connectivity index (χ4v) is 5.53. The van der Waals surface area contributed by atoms with Crippen molar-refractivity contribution in [2.45, 2.75) is 32.9 Å². The third kappa shape index (κ3) is 4.40. The van der Waals surface area contributed by atoms with Crippen molar-refractivity contribution in [3.63, 3.8) is 0 Å². The number of nitro groups is 1. The van der Waals surface area contributed by atoms with Gasteiger partial charge in [-0.15, -0.1) is 0 Å². The predicted octanol–water partition coefficient (Wildman–Crippen LogP) is 3.52. The zero-order valence-electron chi connectivity index (χ0n) is 20.3. The molecular weight excluding hydrogens is 494 g/mol. The molecule has 0 radical (unpaired) electrons. The number of carbonyl (C=O) groups is 1. The van der Waals surface area contributed by atoms with E-state index in [4.69, 9.17) is 9.47 Å². The maximum Gasteiger partial charge on any atom is 0.338 e. The van der Waals surface area contributed by atoms with E-state index < -0.39 is 16.9 Å². The Hall–Kier alpha value is -4.31. The number of nitro benzene ring substituents is 1. The van der Waals surface area contributed by atoms with E-state index in [0.29, 0.717) is 20.6 Å². The van der Waals surface area contributed by atoms with E-state index in [1.165, 1.54) is 34.1 Å². The maximum absolute atomic E-state index is 13.8. The molecule has 0 spiro atoms. The fourth-order valence-electron chi connectivity index (χ4n) is 4.49. The smallest absolute Gasteiger partial charge is 0.338 e. The van der Waals surface area contributed by atoms with Gasteiger partial charge in [-0.2, -0.15) is 0 Å². The molecule has 5 rings (SSSR count). The van der Waals surface area contributed by atoms with Crippen molar-refractivity contribution in [2.24, 2.45) is 4.99 Å². The van der Waals surface area contributed by atoms with Crippen LogP contribution in [0.2, 0.25) is 0 Å². The Morgan fingerprint density at radius 2 is 2.05 bits per heavy atom. The molecule has 2 aliphatic rings. The predicted molar refractivity (Wildman–Crippen MR) is 139 cm³/mol. The number of non-ortho nitro benzene ring substituents is 1. The summed E-state index contributed by atoms with van der Waals surface area (Å²) in [6, 6.07) is 12.7. The summed E-state index contributed by atoms with van der Waals surface area (Å²) < 4.78 is 13.1. The van der Waals surface area contributed by atoms with Crippen molar-refractivity contribution in [3.8, 4) is 5.75 Å². The molecule has 3 aromatic rings. The first-order valence-corrected chi connectivity index (χ1v) is 12.5. The number of thiazole rings is 1. The van der Waals surface area contributed by atoms with Crippen LogP contribution in [0.3, 0.4) is 0 Å². The lowest BCUT2D eigenvalue weighted by molar-refractivity contribution is -0.384. The lowest BCUT2D eigenvalue weighted by Gasteiger charge is -2.24. The maximum atomic E-state index is 13.8. The minimum atomic E-state index is -0.924. The summed E-state index contributed by atoms with van der Waals surface area (Å²) in [5, 5.41) is 11.5. The number of hydrogen-bond acceptors (Lipinski definition) is 8. The zero-order valence-corrected chi connectivity index (χ0v) is 21.2. The Labute approximate surface area is 215 Å². The number of rotatable bonds is 5. The molecule has 10 heteroatoms. The zero-order chi connectivity index (χ0) is 26.3. The molecule has 2 aromatic carbocycles. The van der Waals surface area contributed by atoms with Gasteiger partial charge in [0.25, 0.3) is 11.2 Å². The Balaban J connectivity index is 1.71. The van der Waals surface area contributed by atoms with Crippen LogP contribution in [-0.2, 0) is 9.53 Å². The van der Waals surface area contributed by atoms with Crippen molar-refractivity contribution < 1.29 is 19.2 Å². The average molecular weight is 518 g/mol. The molecule has 1 aromatic heterocycles. The van der Waals surface area contributed by atoms with Crippen molar-refractivity contribution in [3.05, 3.63) is 106 Å². The number of esters is 1. The SMILES string of the molecule is CCOC(=O)C1=C(C)N=c2sc(=CC3=Cc4ccccc4OC3C)c(=O)n2C1c1cccc([N+](=O)[O-])c1. The van der Waals surface area contributed by atoms with Gasteiger partial charge in [0.2, 0.25) is 0 Å². The van der Waals surface area contributed by atoms with Gasteiger partial charge < -0.3 is 9.47 Å². The molecule has 37 heavy (non-hydrogen) atoms. The first kappa shape index (κ1) is 24.4. The molecule has 3 heterocycles. The van der Waals surface area contributed by atoms with E-state index in [-0.39, 0.29) is 29.5 Å². The molecule has 0 saturated heterocycles. The topological polar surface area (TPSA) is 113 Å². The number of fused-ring (bicyclic) bond motifs is 2. The van der Waals surface area contributed by atoms with Gasteiger partial charge in [0.05, 0.1) is 33.4 Å². The highest BCUT2D eigenvalue weighted by Gasteiger charge is 2.34. The number of hydrogen-bond donors (Lipinski definition) is 0. The monoisotopic (exact) mass is 517 g/mol. The molecule has 0 fully saturated rings. The summed E-state index contributed by atoms with van der Waals surface area (Å²) in [4.78, 5) is 42.7. The molecular formula is C27H23N3O6S. The average Bonchev–Trinajstić information content (AvgIpc) is 3.18. The van der Waals surface area contributed by atoms with Gasteiger partial charge in [0, 0.05) is 17.7 Å². The quantitative estimate of drug-likeness (QED) is 0.291. The summed E-state index contributed by atoms with van der Waals surface area (Å²) in [6.07, 6.45) is 3.48. The normalized spacial score (nSPS) is 18.8. The van der Waals surface area contributed by atoms with E-state index in [2.05, 4.69) is 4.99 Å². The lowest BCUT2D eigenvalue weighted by Crippen LogP contribution is -2.40. The van der Waals surface area contributed by atoms with E-state index in [0.717, 1.165) is 16.9 Å². The highest BCUT2D eigenvalue weighted by molar-refractivity contribution is 7.07. The van der Waals surface area contributed by atoms with Gasteiger partial charge in [-0.1, -0.05) is 41.7 Å².